The van der Waals surface area contributed by atoms with Crippen molar-refractivity contribution in [3.05, 3.63) is 68.4 Å². The summed E-state index contributed by atoms with van der Waals surface area (Å²) >= 11 is 6.88. The summed E-state index contributed by atoms with van der Waals surface area (Å²) in [5.74, 6) is 5.40. The number of halogens is 3. The van der Waals surface area contributed by atoms with Crippen LogP contribution in [0, 0.1) is 5.82 Å². The van der Waals surface area contributed by atoms with Crippen LogP contribution in [0.4, 0.5) is 4.39 Å². The Kier molecular flexibility index (Phi) is 5.72. The van der Waals surface area contributed by atoms with Crippen LogP contribution in [0.15, 0.2) is 51.4 Å². The fraction of sp³-hybridized carbons (Fsp3) is 0.200. The van der Waals surface area contributed by atoms with E-state index in [1.165, 1.54) is 6.07 Å². The Morgan fingerprint density at radius 2 is 1.75 bits per heavy atom. The zero-order valence-electron chi connectivity index (χ0n) is 10.7. The van der Waals surface area contributed by atoms with Crippen molar-refractivity contribution in [3.8, 4) is 0 Å². The van der Waals surface area contributed by atoms with Gasteiger partial charge in [-0.15, -0.1) is 0 Å². The molecule has 2 aromatic rings. The molecule has 0 spiro atoms. The Bertz CT molecular complexity index is 590. The van der Waals surface area contributed by atoms with Gasteiger partial charge in [0.25, 0.3) is 0 Å². The molecule has 3 N–H and O–H groups in total. The molecule has 0 aromatic heterocycles. The molecule has 0 saturated heterocycles. The van der Waals surface area contributed by atoms with E-state index in [0.717, 1.165) is 20.9 Å². The Balaban J connectivity index is 2.13. The molecule has 5 heteroatoms. The summed E-state index contributed by atoms with van der Waals surface area (Å²) in [4.78, 5) is 0. The Morgan fingerprint density at radius 1 is 1.05 bits per heavy atom. The molecule has 2 aromatic carbocycles. The van der Waals surface area contributed by atoms with Gasteiger partial charge >= 0.3 is 0 Å². The highest BCUT2D eigenvalue weighted by molar-refractivity contribution is 9.10. The highest BCUT2D eigenvalue weighted by atomic mass is 79.9. The largest absolute Gasteiger partial charge is 0.271 e. The highest BCUT2D eigenvalue weighted by Crippen LogP contribution is 2.21. The second-order valence-corrected chi connectivity index (χ2v) is 6.37. The first-order chi connectivity index (χ1) is 9.60. The van der Waals surface area contributed by atoms with E-state index in [9.17, 15) is 4.39 Å². The molecule has 0 heterocycles. The highest BCUT2D eigenvalue weighted by Gasteiger charge is 2.13. The number of hydrazine groups is 1. The quantitative estimate of drug-likeness (QED) is 0.587. The maximum atomic E-state index is 13.8. The van der Waals surface area contributed by atoms with Crippen LogP contribution in [0.2, 0.25) is 0 Å². The number of hydrogen-bond donors (Lipinski definition) is 2. The van der Waals surface area contributed by atoms with Gasteiger partial charge in [0.15, 0.2) is 0 Å². The van der Waals surface area contributed by atoms with Crippen LogP contribution >= 0.6 is 31.9 Å². The van der Waals surface area contributed by atoms with Gasteiger partial charge in [-0.25, -0.2) is 4.39 Å². The molecule has 106 valence electrons. The molecule has 0 aliphatic heterocycles. The first-order valence-corrected chi connectivity index (χ1v) is 7.82. The molecule has 0 bridgehead atoms. The summed E-state index contributed by atoms with van der Waals surface area (Å²) in [6.45, 7) is 0. The van der Waals surface area contributed by atoms with E-state index < -0.39 is 0 Å². The lowest BCUT2D eigenvalue weighted by molar-refractivity contribution is 0.505. The van der Waals surface area contributed by atoms with Crippen LogP contribution in [-0.2, 0) is 12.8 Å². The van der Waals surface area contributed by atoms with E-state index in [1.807, 2.05) is 24.3 Å². The number of nitrogens with two attached hydrogens (primary N) is 1. The van der Waals surface area contributed by atoms with Crippen molar-refractivity contribution in [2.75, 3.05) is 0 Å². The number of benzene rings is 2. The smallest absolute Gasteiger partial charge is 0.126 e. The molecule has 20 heavy (non-hydrogen) atoms. The molecule has 2 nitrogen and oxygen atoms in total. The second-order valence-electron chi connectivity index (χ2n) is 4.60. The molecule has 1 atom stereocenters. The molecule has 0 radical (unpaired) electrons. The van der Waals surface area contributed by atoms with Gasteiger partial charge in [-0.05, 0) is 48.2 Å². The molecular formula is C15H15Br2FN2. The van der Waals surface area contributed by atoms with E-state index in [4.69, 9.17) is 5.84 Å². The van der Waals surface area contributed by atoms with Crippen molar-refractivity contribution in [1.29, 1.82) is 0 Å². The number of nitrogens with one attached hydrogen (secondary N) is 1. The Labute approximate surface area is 134 Å². The van der Waals surface area contributed by atoms with E-state index >= 15 is 0 Å². The third-order valence-corrected chi connectivity index (χ3v) is 4.40. The summed E-state index contributed by atoms with van der Waals surface area (Å²) in [5.41, 5.74) is 4.56. The standard InChI is InChI=1S/C15H15Br2FN2/c16-12-5-6-15(18)11(7-12)9-13(20-19)8-10-3-1-2-4-14(10)17/h1-7,13,20H,8-9,19H2. The number of hydrogen-bond acceptors (Lipinski definition) is 2. The van der Waals surface area contributed by atoms with E-state index in [-0.39, 0.29) is 11.9 Å². The monoisotopic (exact) mass is 400 g/mol. The molecule has 1 unspecified atom stereocenters. The fourth-order valence-electron chi connectivity index (χ4n) is 2.08. The zero-order chi connectivity index (χ0) is 14.5. The van der Waals surface area contributed by atoms with Crippen LogP contribution in [0.5, 0.6) is 0 Å². The number of rotatable bonds is 5. The first-order valence-electron chi connectivity index (χ1n) is 6.23. The van der Waals surface area contributed by atoms with E-state index in [0.29, 0.717) is 12.0 Å². The topological polar surface area (TPSA) is 38.0 Å². The fourth-order valence-corrected chi connectivity index (χ4v) is 2.94. The van der Waals surface area contributed by atoms with Gasteiger partial charge < -0.3 is 0 Å². The lowest BCUT2D eigenvalue weighted by atomic mass is 9.99. The molecule has 0 aliphatic rings. The molecule has 0 amide bonds. The Morgan fingerprint density at radius 3 is 2.45 bits per heavy atom. The average molecular weight is 402 g/mol. The van der Waals surface area contributed by atoms with Gasteiger partial charge in [-0.2, -0.15) is 0 Å². The lowest BCUT2D eigenvalue weighted by Gasteiger charge is -2.17. The minimum atomic E-state index is -0.208. The molecule has 2 rings (SSSR count). The van der Waals surface area contributed by atoms with Crippen molar-refractivity contribution in [2.24, 2.45) is 5.84 Å². The van der Waals surface area contributed by atoms with Crippen molar-refractivity contribution in [1.82, 2.24) is 5.43 Å². The molecule has 0 saturated carbocycles. The van der Waals surface area contributed by atoms with Gasteiger partial charge in [0, 0.05) is 15.0 Å². The summed E-state index contributed by atoms with van der Waals surface area (Å²) in [6.07, 6.45) is 1.26. The predicted molar refractivity (Wildman–Crippen MR) is 86.8 cm³/mol. The van der Waals surface area contributed by atoms with E-state index in [2.05, 4.69) is 37.3 Å². The van der Waals surface area contributed by atoms with Gasteiger partial charge in [-0.3, -0.25) is 11.3 Å². The third kappa shape index (κ3) is 4.12. The summed E-state index contributed by atoms with van der Waals surface area (Å²) < 4.78 is 15.7. The van der Waals surface area contributed by atoms with Gasteiger partial charge in [0.05, 0.1) is 0 Å². The molecular weight excluding hydrogens is 387 g/mol. The summed E-state index contributed by atoms with van der Waals surface area (Å²) in [7, 11) is 0. The maximum absolute atomic E-state index is 13.8. The minimum Gasteiger partial charge on any atom is -0.271 e. The van der Waals surface area contributed by atoms with Crippen LogP contribution in [-0.4, -0.2) is 6.04 Å². The first kappa shape index (κ1) is 15.6. The second kappa shape index (κ2) is 7.31. The van der Waals surface area contributed by atoms with Crippen LogP contribution in [0.3, 0.4) is 0 Å². The van der Waals surface area contributed by atoms with Crippen LogP contribution < -0.4 is 11.3 Å². The third-order valence-electron chi connectivity index (χ3n) is 3.13. The Hall–Kier alpha value is -0.750. The summed E-state index contributed by atoms with van der Waals surface area (Å²) in [5, 5.41) is 0. The molecule has 0 aliphatic carbocycles. The predicted octanol–water partition coefficient (Wildman–Crippen LogP) is 3.97. The van der Waals surface area contributed by atoms with Crippen LogP contribution in [0.25, 0.3) is 0 Å². The lowest BCUT2D eigenvalue weighted by Crippen LogP contribution is -2.38. The average Bonchev–Trinajstić information content (AvgIpc) is 2.44. The maximum Gasteiger partial charge on any atom is 0.126 e. The zero-order valence-corrected chi connectivity index (χ0v) is 13.9. The van der Waals surface area contributed by atoms with Crippen molar-refractivity contribution < 1.29 is 4.39 Å². The van der Waals surface area contributed by atoms with Crippen molar-refractivity contribution in [3.63, 3.8) is 0 Å². The molecule has 0 fully saturated rings. The minimum absolute atomic E-state index is 0.0301. The van der Waals surface area contributed by atoms with Crippen molar-refractivity contribution in [2.45, 2.75) is 18.9 Å². The SMILES string of the molecule is NNC(Cc1cc(Br)ccc1F)Cc1ccccc1Br. The van der Waals surface area contributed by atoms with Gasteiger partial charge in [0.2, 0.25) is 0 Å². The van der Waals surface area contributed by atoms with E-state index in [1.54, 1.807) is 12.1 Å². The normalized spacial score (nSPS) is 12.4. The van der Waals surface area contributed by atoms with Gasteiger partial charge in [0.1, 0.15) is 5.82 Å². The van der Waals surface area contributed by atoms with Crippen LogP contribution in [0.1, 0.15) is 11.1 Å². The van der Waals surface area contributed by atoms with Gasteiger partial charge in [-0.1, -0.05) is 50.1 Å². The van der Waals surface area contributed by atoms with Crippen molar-refractivity contribution >= 4 is 31.9 Å². The summed E-state index contributed by atoms with van der Waals surface area (Å²) in [6, 6.07) is 12.9.